The molecule has 3 radical (unpaired) electrons. The van der Waals surface area contributed by atoms with Crippen LogP contribution in [0.3, 0.4) is 0 Å². The maximum atomic E-state index is 9.30. The average molecular weight is 1020 g/mol. The molecule has 7 aromatic rings. The Bertz CT molecular complexity index is 2400. The minimum absolute atomic E-state index is 0. The minimum atomic E-state index is 0. The average Bonchev–Trinajstić information content (AvgIpc) is 3.97. The molecule has 0 aliphatic rings. The summed E-state index contributed by atoms with van der Waals surface area (Å²) >= 11 is 3.38. The van der Waals surface area contributed by atoms with Gasteiger partial charge in [0.25, 0.3) is 0 Å². The van der Waals surface area contributed by atoms with E-state index in [9.17, 15) is 10.2 Å². The van der Waals surface area contributed by atoms with Crippen LogP contribution in [-0.2, 0) is 98.1 Å². The number of nitrogens with zero attached hydrogens (tertiary/aromatic N) is 2. The molecule has 58 heavy (non-hydrogen) atoms. The molecule has 0 aliphatic heterocycles. The molecule has 0 spiro atoms. The molecule has 0 bridgehead atoms. The van der Waals surface area contributed by atoms with Gasteiger partial charge in [-0.05, 0) is 96.8 Å². The summed E-state index contributed by atoms with van der Waals surface area (Å²) in [4.78, 5) is 8.71. The molecule has 0 amide bonds. The quantitative estimate of drug-likeness (QED) is 0.0946. The van der Waals surface area contributed by atoms with Crippen LogP contribution < -0.4 is 9.80 Å². The van der Waals surface area contributed by atoms with Crippen LogP contribution in [0.2, 0.25) is 0 Å². The summed E-state index contributed by atoms with van der Waals surface area (Å²) in [5.74, 6) is 13.5. The Balaban J connectivity index is 0.00000248. The van der Waals surface area contributed by atoms with Crippen LogP contribution in [-0.4, -0.2) is 49.6 Å². The van der Waals surface area contributed by atoms with E-state index in [1.165, 1.54) is 21.5 Å². The van der Waals surface area contributed by atoms with E-state index in [-0.39, 0.29) is 111 Å². The summed E-state index contributed by atoms with van der Waals surface area (Å²) in [7, 11) is 0. The van der Waals surface area contributed by atoms with E-state index in [4.69, 9.17) is 0 Å². The second-order valence-corrected chi connectivity index (χ2v) is 15.3. The standard InChI is InChI=1S/C49H43N2O2S2.3Y/c1-3-50(29-31-52)42-15-5-36(6-16-42)9-19-44-23-25-46(54-44)21-11-38-13-27-48-40(33-38)35-41-34-39(14-28-49(41)48)12-22-47-26-24-45(55-47)20-10-37-7-17-43(18-8-37)51(4-2)30-32-53;;;/h5-10,13-20,23-28,33-35,52-53H,3-4,29-32H2,1-2H3;;;/q-1;;;/b19-9+,20-10+;;;. The summed E-state index contributed by atoms with van der Waals surface area (Å²) in [5, 5.41) is 23.4. The number of fused-ring (bicyclic) bond motifs is 3. The Morgan fingerprint density at radius 1 is 0.517 bits per heavy atom. The molecule has 0 unspecified atom stereocenters. The topological polar surface area (TPSA) is 46.9 Å². The largest absolute Gasteiger partial charge is 0.395 e. The van der Waals surface area contributed by atoms with Crippen LogP contribution in [0, 0.1) is 23.7 Å². The van der Waals surface area contributed by atoms with E-state index in [1.54, 1.807) is 22.7 Å². The van der Waals surface area contributed by atoms with Crippen molar-refractivity contribution in [1.29, 1.82) is 0 Å². The molecule has 0 atom stereocenters. The predicted octanol–water partition coefficient (Wildman–Crippen LogP) is 10.6. The van der Waals surface area contributed by atoms with Gasteiger partial charge in [-0.1, -0.05) is 84.4 Å². The van der Waals surface area contributed by atoms with Crippen LogP contribution in [0.15, 0.2) is 115 Å². The van der Waals surface area contributed by atoms with E-state index in [0.717, 1.165) is 66.2 Å². The van der Waals surface area contributed by atoms with E-state index < -0.39 is 0 Å². The molecule has 4 nitrogen and oxygen atoms in total. The zero-order chi connectivity index (χ0) is 38.0. The summed E-state index contributed by atoms with van der Waals surface area (Å²) in [6.07, 6.45) is 8.52. The maximum Gasteiger partial charge on any atom is 0.0778 e. The van der Waals surface area contributed by atoms with Gasteiger partial charge in [-0.2, -0.15) is 0 Å². The summed E-state index contributed by atoms with van der Waals surface area (Å²) < 4.78 is 0. The van der Waals surface area contributed by atoms with Crippen molar-refractivity contribution in [2.45, 2.75) is 13.8 Å². The van der Waals surface area contributed by atoms with Gasteiger partial charge in [0.15, 0.2) is 0 Å². The molecule has 283 valence electrons. The van der Waals surface area contributed by atoms with Crippen molar-refractivity contribution in [2.75, 3.05) is 49.2 Å². The molecule has 0 saturated carbocycles. The van der Waals surface area contributed by atoms with Gasteiger partial charge in [0.1, 0.15) is 0 Å². The number of anilines is 2. The molecule has 0 saturated heterocycles. The van der Waals surface area contributed by atoms with Gasteiger partial charge in [0.05, 0.1) is 23.0 Å². The molecule has 2 heterocycles. The molecular weight excluding hydrogens is 979 g/mol. The number of aliphatic hydroxyl groups excluding tert-OH is 2. The fraction of sp³-hybridized carbons (Fsp3) is 0.163. The third-order valence-corrected chi connectivity index (χ3v) is 11.4. The number of likely N-dealkylation sites (N-methyl/N-ethyl adjacent to an activating group) is 2. The Labute approximate surface area is 426 Å². The monoisotopic (exact) mass is 1020 g/mol. The van der Waals surface area contributed by atoms with Crippen LogP contribution in [0.25, 0.3) is 45.8 Å². The zero-order valence-corrected chi connectivity index (χ0v) is 43.0. The molecule has 2 N–H and O–H groups in total. The van der Waals surface area contributed by atoms with Crippen LogP contribution in [0.4, 0.5) is 11.4 Å². The first-order chi connectivity index (χ1) is 27.0. The van der Waals surface area contributed by atoms with Gasteiger partial charge in [0, 0.05) is 145 Å². The van der Waals surface area contributed by atoms with Crippen molar-refractivity contribution >= 4 is 79.9 Å². The van der Waals surface area contributed by atoms with Crippen molar-refractivity contribution in [1.82, 2.24) is 0 Å². The summed E-state index contributed by atoms with van der Waals surface area (Å²) in [6.45, 7) is 7.51. The van der Waals surface area contributed by atoms with E-state index in [2.05, 4.69) is 187 Å². The van der Waals surface area contributed by atoms with Gasteiger partial charge in [-0.25, -0.2) is 0 Å². The Hall–Kier alpha value is -2.42. The Morgan fingerprint density at radius 3 is 1.31 bits per heavy atom. The molecule has 2 aromatic heterocycles. The Kier molecular flexibility index (Phi) is 20.1. The van der Waals surface area contributed by atoms with E-state index in [0.29, 0.717) is 13.1 Å². The van der Waals surface area contributed by atoms with Gasteiger partial charge >= 0.3 is 0 Å². The summed E-state index contributed by atoms with van der Waals surface area (Å²) in [5.41, 5.74) is 6.51. The second-order valence-electron chi connectivity index (χ2n) is 13.1. The number of aliphatic hydroxyl groups is 2. The fourth-order valence-electron chi connectivity index (χ4n) is 6.59. The molecule has 0 fully saturated rings. The van der Waals surface area contributed by atoms with Gasteiger partial charge in [-0.15, -0.1) is 62.4 Å². The third-order valence-electron chi connectivity index (χ3n) is 9.52. The van der Waals surface area contributed by atoms with Crippen molar-refractivity contribution in [3.8, 4) is 23.7 Å². The zero-order valence-electron chi connectivity index (χ0n) is 32.9. The van der Waals surface area contributed by atoms with Gasteiger partial charge in [-0.3, -0.25) is 0 Å². The van der Waals surface area contributed by atoms with E-state index in [1.807, 2.05) is 0 Å². The van der Waals surface area contributed by atoms with Crippen molar-refractivity contribution in [2.24, 2.45) is 0 Å². The van der Waals surface area contributed by atoms with Crippen molar-refractivity contribution < 1.29 is 108 Å². The number of rotatable bonds is 12. The SMILES string of the molecule is CCN(CCO)c1ccc(/C=C/c2ccc(C#Cc3ccc4c(c3)[cH-]c3cc(C#Cc5ccc(/C=C/c6ccc(N(CC)CCO)cc6)s5)ccc34)s2)cc1.[Y].[Y].[Y]. The smallest absolute Gasteiger partial charge is 0.0778 e. The Morgan fingerprint density at radius 2 is 0.931 bits per heavy atom. The number of benzene rings is 4. The normalized spacial score (nSPS) is 10.7. The summed E-state index contributed by atoms with van der Waals surface area (Å²) in [6, 6.07) is 40.4. The number of thiophene rings is 2. The molecule has 5 aromatic carbocycles. The van der Waals surface area contributed by atoms with Crippen molar-refractivity contribution in [3.05, 3.63) is 157 Å². The number of hydrogen-bond donors (Lipinski definition) is 2. The van der Waals surface area contributed by atoms with Crippen LogP contribution in [0.5, 0.6) is 0 Å². The van der Waals surface area contributed by atoms with Gasteiger partial charge in [0.2, 0.25) is 0 Å². The van der Waals surface area contributed by atoms with Crippen LogP contribution >= 0.6 is 22.7 Å². The van der Waals surface area contributed by atoms with Gasteiger partial charge < -0.3 is 20.0 Å². The molecule has 9 heteroatoms. The fourth-order valence-corrected chi connectivity index (χ4v) is 8.12. The first-order valence-corrected chi connectivity index (χ1v) is 20.3. The van der Waals surface area contributed by atoms with E-state index >= 15 is 0 Å². The molecule has 0 aliphatic carbocycles. The van der Waals surface area contributed by atoms with Crippen molar-refractivity contribution in [3.63, 3.8) is 0 Å². The molecule has 7 rings (SSSR count). The first kappa shape index (κ1) is 48.3. The second kappa shape index (κ2) is 24.1. The number of hydrogen-bond acceptors (Lipinski definition) is 6. The predicted molar refractivity (Wildman–Crippen MR) is 238 cm³/mol. The maximum absolute atomic E-state index is 9.30. The first-order valence-electron chi connectivity index (χ1n) is 18.7. The minimum Gasteiger partial charge on any atom is -0.395 e. The van der Waals surface area contributed by atoms with Crippen LogP contribution in [0.1, 0.15) is 55.6 Å². The molecular formula is C49H43N2O2S2Y3-. The third kappa shape index (κ3) is 12.8.